The SMILES string of the molecule is N[C@H]1CC(C2CCCC2)Oc2cc(Br)ccc21. The molecule has 1 fully saturated rings. The minimum Gasteiger partial charge on any atom is -0.490 e. The number of hydrogen-bond donors (Lipinski definition) is 1. The first-order valence-electron chi connectivity index (χ1n) is 6.46. The highest BCUT2D eigenvalue weighted by molar-refractivity contribution is 9.10. The monoisotopic (exact) mass is 295 g/mol. The first-order valence-corrected chi connectivity index (χ1v) is 7.25. The standard InChI is InChI=1S/C14H18BrNO/c15-10-5-6-11-12(16)8-13(17-14(11)7-10)9-3-1-2-4-9/h5-7,9,12-13H,1-4,8,16H2/t12-,13?/m0/s1. The first kappa shape index (κ1) is 11.5. The van der Waals surface area contributed by atoms with E-state index in [1.54, 1.807) is 0 Å². The third-order valence-electron chi connectivity index (χ3n) is 4.07. The maximum absolute atomic E-state index is 6.26. The van der Waals surface area contributed by atoms with Crippen LogP contribution in [0.2, 0.25) is 0 Å². The zero-order chi connectivity index (χ0) is 11.8. The molecule has 1 aromatic rings. The molecule has 1 heterocycles. The summed E-state index contributed by atoms with van der Waals surface area (Å²) in [6.45, 7) is 0. The molecule has 17 heavy (non-hydrogen) atoms. The number of halogens is 1. The lowest BCUT2D eigenvalue weighted by Gasteiger charge is -2.33. The van der Waals surface area contributed by atoms with Gasteiger partial charge in [-0.15, -0.1) is 0 Å². The van der Waals surface area contributed by atoms with Crippen LogP contribution < -0.4 is 10.5 Å². The molecule has 2 nitrogen and oxygen atoms in total. The van der Waals surface area contributed by atoms with Gasteiger partial charge in [-0.2, -0.15) is 0 Å². The van der Waals surface area contributed by atoms with E-state index in [-0.39, 0.29) is 6.04 Å². The van der Waals surface area contributed by atoms with Crippen LogP contribution in [0, 0.1) is 5.92 Å². The predicted octanol–water partition coefficient (Wildman–Crippen LogP) is 3.79. The number of rotatable bonds is 1. The molecule has 1 aromatic carbocycles. The first-order chi connectivity index (χ1) is 8.24. The Hall–Kier alpha value is -0.540. The Morgan fingerprint density at radius 1 is 1.24 bits per heavy atom. The summed E-state index contributed by atoms with van der Waals surface area (Å²) >= 11 is 3.49. The third-order valence-corrected chi connectivity index (χ3v) is 4.56. The lowest BCUT2D eigenvalue weighted by Crippen LogP contribution is -2.34. The van der Waals surface area contributed by atoms with E-state index < -0.39 is 0 Å². The molecular weight excluding hydrogens is 278 g/mol. The van der Waals surface area contributed by atoms with Gasteiger partial charge in [-0.25, -0.2) is 0 Å². The van der Waals surface area contributed by atoms with Crippen molar-refractivity contribution in [2.45, 2.75) is 44.2 Å². The van der Waals surface area contributed by atoms with Gasteiger partial charge in [0.05, 0.1) is 0 Å². The summed E-state index contributed by atoms with van der Waals surface area (Å²) in [7, 11) is 0. The second-order valence-corrected chi connectivity index (χ2v) is 6.14. The average Bonchev–Trinajstić information content (AvgIpc) is 2.81. The topological polar surface area (TPSA) is 35.2 Å². The van der Waals surface area contributed by atoms with Gasteiger partial charge in [0, 0.05) is 22.5 Å². The van der Waals surface area contributed by atoms with Crippen molar-refractivity contribution in [3.63, 3.8) is 0 Å². The van der Waals surface area contributed by atoms with Crippen LogP contribution in [0.1, 0.15) is 43.7 Å². The summed E-state index contributed by atoms with van der Waals surface area (Å²) in [6.07, 6.45) is 6.62. The molecule has 0 radical (unpaired) electrons. The van der Waals surface area contributed by atoms with Crippen molar-refractivity contribution in [3.8, 4) is 5.75 Å². The third kappa shape index (κ3) is 2.23. The van der Waals surface area contributed by atoms with E-state index in [4.69, 9.17) is 10.5 Å². The molecule has 1 aliphatic heterocycles. The molecule has 0 spiro atoms. The molecule has 1 aliphatic carbocycles. The lowest BCUT2D eigenvalue weighted by atomic mass is 9.89. The van der Waals surface area contributed by atoms with Crippen LogP contribution in [0.15, 0.2) is 22.7 Å². The van der Waals surface area contributed by atoms with Gasteiger partial charge < -0.3 is 10.5 Å². The summed E-state index contributed by atoms with van der Waals surface area (Å²) in [6, 6.07) is 6.31. The zero-order valence-corrected chi connectivity index (χ0v) is 11.4. The highest BCUT2D eigenvalue weighted by Gasteiger charge is 2.33. The Morgan fingerprint density at radius 2 is 2.00 bits per heavy atom. The molecule has 92 valence electrons. The summed E-state index contributed by atoms with van der Waals surface area (Å²) in [5.41, 5.74) is 7.41. The van der Waals surface area contributed by atoms with Gasteiger partial charge in [0.25, 0.3) is 0 Å². The molecule has 2 aliphatic rings. The van der Waals surface area contributed by atoms with Crippen molar-refractivity contribution in [3.05, 3.63) is 28.2 Å². The van der Waals surface area contributed by atoms with Crippen LogP contribution in [0.4, 0.5) is 0 Å². The highest BCUT2D eigenvalue weighted by Crippen LogP contribution is 2.40. The van der Waals surface area contributed by atoms with Crippen LogP contribution in [0.5, 0.6) is 5.75 Å². The molecule has 3 heteroatoms. The minimum absolute atomic E-state index is 0.137. The summed E-state index contributed by atoms with van der Waals surface area (Å²) in [5.74, 6) is 1.70. The van der Waals surface area contributed by atoms with E-state index in [0.29, 0.717) is 12.0 Å². The molecule has 2 N–H and O–H groups in total. The number of benzene rings is 1. The molecule has 3 rings (SSSR count). The Kier molecular flexibility index (Phi) is 3.14. The molecular formula is C14H18BrNO. The summed E-state index contributed by atoms with van der Waals surface area (Å²) in [4.78, 5) is 0. The van der Waals surface area contributed by atoms with Gasteiger partial charge in [0.2, 0.25) is 0 Å². The summed E-state index contributed by atoms with van der Waals surface area (Å²) in [5, 5.41) is 0. The van der Waals surface area contributed by atoms with Crippen LogP contribution in [0.3, 0.4) is 0 Å². The maximum atomic E-state index is 6.26. The van der Waals surface area contributed by atoms with Crippen LogP contribution >= 0.6 is 15.9 Å². The molecule has 0 bridgehead atoms. The molecule has 1 unspecified atom stereocenters. The van der Waals surface area contributed by atoms with Crippen LogP contribution in [0.25, 0.3) is 0 Å². The van der Waals surface area contributed by atoms with Crippen molar-refractivity contribution in [2.75, 3.05) is 0 Å². The largest absolute Gasteiger partial charge is 0.490 e. The van der Waals surface area contributed by atoms with Gasteiger partial charge >= 0.3 is 0 Å². The van der Waals surface area contributed by atoms with Gasteiger partial charge in [-0.1, -0.05) is 34.8 Å². The van der Waals surface area contributed by atoms with E-state index in [2.05, 4.69) is 28.1 Å². The fourth-order valence-corrected chi connectivity index (χ4v) is 3.46. The fourth-order valence-electron chi connectivity index (χ4n) is 3.12. The van der Waals surface area contributed by atoms with Crippen LogP contribution in [-0.2, 0) is 0 Å². The Labute approximate surface area is 111 Å². The lowest BCUT2D eigenvalue weighted by molar-refractivity contribution is 0.101. The zero-order valence-electron chi connectivity index (χ0n) is 9.86. The van der Waals surface area contributed by atoms with E-state index in [0.717, 1.165) is 22.2 Å². The van der Waals surface area contributed by atoms with Gasteiger partial charge in [0.1, 0.15) is 11.9 Å². The maximum Gasteiger partial charge on any atom is 0.125 e. The Morgan fingerprint density at radius 3 is 2.76 bits per heavy atom. The van der Waals surface area contributed by atoms with Crippen LogP contribution in [-0.4, -0.2) is 6.10 Å². The Bertz CT molecular complexity index is 415. The Balaban J connectivity index is 1.85. The van der Waals surface area contributed by atoms with Crippen molar-refractivity contribution < 1.29 is 4.74 Å². The quantitative estimate of drug-likeness (QED) is 0.855. The van der Waals surface area contributed by atoms with Gasteiger partial charge in [-0.05, 0) is 30.9 Å². The average molecular weight is 296 g/mol. The number of hydrogen-bond acceptors (Lipinski definition) is 2. The molecule has 0 saturated heterocycles. The van der Waals surface area contributed by atoms with E-state index >= 15 is 0 Å². The highest BCUT2D eigenvalue weighted by atomic mass is 79.9. The van der Waals surface area contributed by atoms with E-state index in [9.17, 15) is 0 Å². The van der Waals surface area contributed by atoms with Crippen molar-refractivity contribution >= 4 is 15.9 Å². The van der Waals surface area contributed by atoms with E-state index in [1.165, 1.54) is 25.7 Å². The number of ether oxygens (including phenoxy) is 1. The smallest absolute Gasteiger partial charge is 0.125 e. The second kappa shape index (κ2) is 4.62. The van der Waals surface area contributed by atoms with Crippen molar-refractivity contribution in [1.82, 2.24) is 0 Å². The van der Waals surface area contributed by atoms with Gasteiger partial charge in [-0.3, -0.25) is 0 Å². The summed E-state index contributed by atoms with van der Waals surface area (Å²) < 4.78 is 7.22. The number of fused-ring (bicyclic) bond motifs is 1. The normalized spacial score (nSPS) is 28.8. The second-order valence-electron chi connectivity index (χ2n) is 5.23. The molecule has 2 atom stereocenters. The van der Waals surface area contributed by atoms with Crippen molar-refractivity contribution in [2.24, 2.45) is 11.7 Å². The fraction of sp³-hybridized carbons (Fsp3) is 0.571. The molecule has 0 aromatic heterocycles. The number of nitrogens with two attached hydrogens (primary N) is 1. The van der Waals surface area contributed by atoms with Crippen molar-refractivity contribution in [1.29, 1.82) is 0 Å². The predicted molar refractivity (Wildman–Crippen MR) is 72.1 cm³/mol. The minimum atomic E-state index is 0.137. The van der Waals surface area contributed by atoms with Gasteiger partial charge in [0.15, 0.2) is 0 Å². The molecule has 0 amide bonds. The molecule has 1 saturated carbocycles. The van der Waals surface area contributed by atoms with E-state index in [1.807, 2.05) is 6.07 Å².